The highest BCUT2D eigenvalue weighted by molar-refractivity contribution is 5.79. The lowest BCUT2D eigenvalue weighted by molar-refractivity contribution is -0.127. The number of carbonyl (C=O) groups is 1. The molecule has 3 saturated carbocycles. The van der Waals surface area contributed by atoms with Gasteiger partial charge in [-0.2, -0.15) is 0 Å². The summed E-state index contributed by atoms with van der Waals surface area (Å²) in [4.78, 5) is 12.2. The van der Waals surface area contributed by atoms with E-state index in [-0.39, 0.29) is 11.5 Å². The number of aliphatic hydroxyl groups is 1. The van der Waals surface area contributed by atoms with Crippen molar-refractivity contribution >= 4 is 5.78 Å². The number of Topliss-reactive ketones (excluding diaryl/α,β-unsaturated/α-hetero) is 1. The van der Waals surface area contributed by atoms with E-state index >= 15 is 0 Å². The summed E-state index contributed by atoms with van der Waals surface area (Å²) in [5.41, 5.74) is 2.12. The van der Waals surface area contributed by atoms with Crippen LogP contribution in [0.5, 0.6) is 0 Å². The summed E-state index contributed by atoms with van der Waals surface area (Å²) >= 11 is 0. The summed E-state index contributed by atoms with van der Waals surface area (Å²) in [6.45, 7) is 6.71. The Balaban J connectivity index is 1.66. The summed E-state index contributed by atoms with van der Waals surface area (Å²) in [5.74, 6) is 3.07. The zero-order valence-corrected chi connectivity index (χ0v) is 15.0. The fraction of sp³-hybridized carbons (Fsp3) is 0.857. The Morgan fingerprint density at radius 2 is 1.87 bits per heavy atom. The maximum absolute atomic E-state index is 12.2. The van der Waals surface area contributed by atoms with Gasteiger partial charge in [-0.1, -0.05) is 25.5 Å². The van der Waals surface area contributed by atoms with Crippen molar-refractivity contribution in [3.05, 3.63) is 11.6 Å². The third-order valence-corrected chi connectivity index (χ3v) is 8.58. The average molecular weight is 316 g/mol. The zero-order valence-electron chi connectivity index (χ0n) is 15.0. The highest BCUT2D eigenvalue weighted by atomic mass is 16.3. The number of hydrogen-bond donors (Lipinski definition) is 1. The summed E-state index contributed by atoms with van der Waals surface area (Å²) < 4.78 is 0. The lowest BCUT2D eigenvalue weighted by Gasteiger charge is -2.58. The van der Waals surface area contributed by atoms with Gasteiger partial charge >= 0.3 is 0 Å². The second-order valence-corrected chi connectivity index (χ2v) is 9.42. The zero-order chi connectivity index (χ0) is 16.4. The molecular weight excluding hydrogens is 284 g/mol. The number of hydrogen-bond acceptors (Lipinski definition) is 2. The predicted molar refractivity (Wildman–Crippen MR) is 91.9 cm³/mol. The predicted octanol–water partition coefficient (Wildman–Crippen LogP) is 4.52. The quantitative estimate of drug-likeness (QED) is 0.722. The van der Waals surface area contributed by atoms with Gasteiger partial charge in [0.05, 0.1) is 6.10 Å². The maximum atomic E-state index is 12.2. The molecule has 0 radical (unpaired) electrons. The third kappa shape index (κ3) is 2.13. The Kier molecular flexibility index (Phi) is 3.58. The van der Waals surface area contributed by atoms with Gasteiger partial charge in [0.25, 0.3) is 0 Å². The van der Waals surface area contributed by atoms with Crippen LogP contribution in [-0.2, 0) is 4.79 Å². The van der Waals surface area contributed by atoms with Gasteiger partial charge in [-0.25, -0.2) is 0 Å². The highest BCUT2D eigenvalue weighted by Crippen LogP contribution is 2.66. The van der Waals surface area contributed by atoms with Crippen molar-refractivity contribution in [2.45, 2.75) is 78.2 Å². The first-order chi connectivity index (χ1) is 10.9. The van der Waals surface area contributed by atoms with Crippen molar-refractivity contribution in [1.82, 2.24) is 0 Å². The Labute approximate surface area is 140 Å². The second-order valence-electron chi connectivity index (χ2n) is 9.42. The van der Waals surface area contributed by atoms with E-state index in [0.29, 0.717) is 17.1 Å². The highest BCUT2D eigenvalue weighted by Gasteiger charge is 2.59. The van der Waals surface area contributed by atoms with Crippen LogP contribution in [-0.4, -0.2) is 17.0 Å². The van der Waals surface area contributed by atoms with Crippen LogP contribution in [0.3, 0.4) is 0 Å². The molecule has 0 aromatic carbocycles. The van der Waals surface area contributed by atoms with Crippen LogP contribution in [0.1, 0.15) is 72.1 Å². The van der Waals surface area contributed by atoms with E-state index < -0.39 is 0 Å². The minimum absolute atomic E-state index is 0.211. The van der Waals surface area contributed by atoms with E-state index in [1.54, 1.807) is 5.57 Å². The van der Waals surface area contributed by atoms with Gasteiger partial charge in [0.2, 0.25) is 0 Å². The van der Waals surface area contributed by atoms with Crippen LogP contribution in [0.2, 0.25) is 0 Å². The molecule has 7 atom stereocenters. The summed E-state index contributed by atoms with van der Waals surface area (Å²) in [6.07, 6.45) is 11.4. The summed E-state index contributed by atoms with van der Waals surface area (Å²) in [6, 6.07) is 0. The van der Waals surface area contributed by atoms with Crippen LogP contribution in [0, 0.1) is 34.5 Å². The van der Waals surface area contributed by atoms with Gasteiger partial charge in [0.1, 0.15) is 5.78 Å². The van der Waals surface area contributed by atoms with Crippen molar-refractivity contribution in [1.29, 1.82) is 0 Å². The molecule has 2 heteroatoms. The van der Waals surface area contributed by atoms with Crippen molar-refractivity contribution in [3.63, 3.8) is 0 Å². The molecule has 0 bridgehead atoms. The molecule has 128 valence electrons. The topological polar surface area (TPSA) is 37.3 Å². The molecule has 0 aromatic rings. The standard InChI is InChI=1S/C21H32O2/c1-13(22)17-6-7-18-16-5-4-14-12-15(23)8-10-20(14,2)19(16)9-11-21(17,18)3/h12,15-19,23H,4-11H2,1-3H3/t15-,16?,17+,18?,19?,20?,21?/m0/s1. The molecule has 0 aromatic heterocycles. The normalized spacial score (nSPS) is 52.2. The van der Waals surface area contributed by atoms with Crippen LogP contribution < -0.4 is 0 Å². The molecule has 0 saturated heterocycles. The molecule has 5 unspecified atom stereocenters. The number of ketones is 1. The molecule has 0 spiro atoms. The molecule has 0 amide bonds. The van der Waals surface area contributed by atoms with Crippen LogP contribution in [0.4, 0.5) is 0 Å². The molecule has 3 fully saturated rings. The van der Waals surface area contributed by atoms with Crippen LogP contribution >= 0.6 is 0 Å². The van der Waals surface area contributed by atoms with Gasteiger partial charge in [-0.15, -0.1) is 0 Å². The fourth-order valence-electron chi connectivity index (χ4n) is 7.38. The van der Waals surface area contributed by atoms with Crippen molar-refractivity contribution < 1.29 is 9.90 Å². The van der Waals surface area contributed by atoms with E-state index in [0.717, 1.165) is 37.0 Å². The second kappa shape index (κ2) is 5.18. The van der Waals surface area contributed by atoms with Gasteiger partial charge in [0, 0.05) is 5.92 Å². The van der Waals surface area contributed by atoms with Gasteiger partial charge < -0.3 is 5.11 Å². The smallest absolute Gasteiger partial charge is 0.133 e. The molecule has 4 rings (SSSR count). The summed E-state index contributed by atoms with van der Waals surface area (Å²) in [7, 11) is 0. The number of rotatable bonds is 1. The molecule has 0 aliphatic heterocycles. The van der Waals surface area contributed by atoms with Crippen molar-refractivity contribution in [2.75, 3.05) is 0 Å². The van der Waals surface area contributed by atoms with Crippen molar-refractivity contribution in [2.24, 2.45) is 34.5 Å². The van der Waals surface area contributed by atoms with Gasteiger partial charge in [-0.05, 0) is 86.9 Å². The lowest BCUT2D eigenvalue weighted by atomic mass is 9.46. The van der Waals surface area contributed by atoms with E-state index in [1.807, 2.05) is 6.92 Å². The first kappa shape index (κ1) is 15.9. The Morgan fingerprint density at radius 1 is 1.09 bits per heavy atom. The largest absolute Gasteiger partial charge is 0.389 e. The van der Waals surface area contributed by atoms with E-state index in [9.17, 15) is 9.90 Å². The van der Waals surface area contributed by atoms with Crippen molar-refractivity contribution in [3.8, 4) is 0 Å². The minimum Gasteiger partial charge on any atom is -0.389 e. The Morgan fingerprint density at radius 3 is 2.61 bits per heavy atom. The number of allylic oxidation sites excluding steroid dienone is 1. The lowest BCUT2D eigenvalue weighted by Crippen LogP contribution is -2.51. The molecule has 23 heavy (non-hydrogen) atoms. The average Bonchev–Trinajstić information content (AvgIpc) is 2.85. The van der Waals surface area contributed by atoms with E-state index in [2.05, 4.69) is 19.9 Å². The Bertz CT molecular complexity index is 550. The molecule has 0 heterocycles. The molecule has 2 nitrogen and oxygen atoms in total. The SMILES string of the molecule is CC(=O)[C@H]1CCC2C3CCC4=C[C@@H](O)CCC4(C)C3CCC21C. The van der Waals surface area contributed by atoms with Crippen LogP contribution in [0.25, 0.3) is 0 Å². The maximum Gasteiger partial charge on any atom is 0.133 e. The fourth-order valence-corrected chi connectivity index (χ4v) is 7.38. The molecule has 4 aliphatic rings. The monoisotopic (exact) mass is 316 g/mol. The third-order valence-electron chi connectivity index (χ3n) is 8.58. The van der Waals surface area contributed by atoms with Crippen LogP contribution in [0.15, 0.2) is 11.6 Å². The Hall–Kier alpha value is -0.630. The molecule has 1 N–H and O–H groups in total. The number of fused-ring (bicyclic) bond motifs is 5. The number of aliphatic hydroxyl groups excluding tert-OH is 1. The van der Waals surface area contributed by atoms with E-state index in [4.69, 9.17) is 0 Å². The molecular formula is C21H32O2. The van der Waals surface area contributed by atoms with Gasteiger partial charge in [0.15, 0.2) is 0 Å². The van der Waals surface area contributed by atoms with E-state index in [1.165, 1.54) is 32.1 Å². The summed E-state index contributed by atoms with van der Waals surface area (Å²) in [5, 5.41) is 10.0. The molecule has 4 aliphatic carbocycles. The first-order valence-corrected chi connectivity index (χ1v) is 9.76. The first-order valence-electron chi connectivity index (χ1n) is 9.76. The van der Waals surface area contributed by atoms with Gasteiger partial charge in [-0.3, -0.25) is 4.79 Å². The number of carbonyl (C=O) groups excluding carboxylic acids is 1. The minimum atomic E-state index is -0.211.